The number of benzene rings is 2. The van der Waals surface area contributed by atoms with Crippen molar-refractivity contribution in [1.29, 1.82) is 0 Å². The maximum absolute atomic E-state index is 16.9. The van der Waals surface area contributed by atoms with Crippen molar-refractivity contribution in [3.63, 3.8) is 0 Å². The molecule has 0 heterocycles. The fourth-order valence-electron chi connectivity index (χ4n) is 9.14. The van der Waals surface area contributed by atoms with E-state index < -0.39 is 69.6 Å². The molecular weight excluding hydrogens is 606 g/mol. The van der Waals surface area contributed by atoms with Gasteiger partial charge < -0.3 is 20.4 Å². The van der Waals surface area contributed by atoms with Gasteiger partial charge in [-0.2, -0.15) is 0 Å². The van der Waals surface area contributed by atoms with Crippen LogP contribution in [0.5, 0.6) is 0 Å². The van der Waals surface area contributed by atoms with E-state index >= 15 is 4.39 Å². The number of alkyl halides is 1. The minimum Gasteiger partial charge on any atom is -0.481 e. The summed E-state index contributed by atoms with van der Waals surface area (Å²) in [5.41, 5.74) is -4.56. The molecule has 4 aliphatic rings. The number of halogens is 2. The Bertz CT molecular complexity index is 1650. The summed E-state index contributed by atoms with van der Waals surface area (Å²) in [5.74, 6) is -3.50. The highest BCUT2D eigenvalue weighted by Gasteiger charge is 2.75. The fourth-order valence-corrected chi connectivity index (χ4v) is 9.14. The van der Waals surface area contributed by atoms with Gasteiger partial charge in [-0.15, -0.1) is 0 Å². The zero-order valence-electron chi connectivity index (χ0n) is 27.5. The van der Waals surface area contributed by atoms with Crippen molar-refractivity contribution >= 4 is 17.5 Å². The highest BCUT2D eigenvalue weighted by atomic mass is 19.1. The Morgan fingerprint density at radius 1 is 1.06 bits per heavy atom. The molecule has 0 radical (unpaired) electrons. The Morgan fingerprint density at radius 2 is 1.72 bits per heavy atom. The van der Waals surface area contributed by atoms with E-state index in [2.05, 4.69) is 0 Å². The average Bonchev–Trinajstić information content (AvgIpc) is 3.23. The Morgan fingerprint density at radius 3 is 2.32 bits per heavy atom. The molecular formula is C38H44F2O7. The standard InChI is InChI=1S/C22H29FO5.C16H15FO2/c1-12-8-16-15-5-4-13-9-14(25)6-7-19(13,2)21(15,23)17(26)10-20(16,3)22(12,28)18(27)11-24;1-16(2,15(18)19)12-8-9-13(14(17)10-12)11-6-4-3-5-7-11/h6-7,9,12,15-17,24,26,28H,4-5,8,10-11H2,1-3H3;3-10H,1-2H3,(H,18,19)/t12-,15+,16+,17+,19+,20+,21+,22+;/m1./s1. The number of Topliss-reactive ketones (excluding diaryl/α,β-unsaturated/α-hetero) is 1. The van der Waals surface area contributed by atoms with Crippen LogP contribution in [0.1, 0.15) is 65.9 Å². The van der Waals surface area contributed by atoms with E-state index in [9.17, 15) is 34.1 Å². The van der Waals surface area contributed by atoms with E-state index in [1.54, 1.807) is 52.8 Å². The lowest BCUT2D eigenvalue weighted by molar-refractivity contribution is -0.219. The van der Waals surface area contributed by atoms with Crippen LogP contribution in [0.4, 0.5) is 8.78 Å². The number of aliphatic carboxylic acids is 1. The van der Waals surface area contributed by atoms with Gasteiger partial charge in [0.15, 0.2) is 17.2 Å². The number of ketones is 2. The highest BCUT2D eigenvalue weighted by molar-refractivity contribution is 6.01. The van der Waals surface area contributed by atoms with E-state index in [0.29, 0.717) is 36.0 Å². The van der Waals surface area contributed by atoms with Gasteiger partial charge in [0.2, 0.25) is 0 Å². The van der Waals surface area contributed by atoms with Crippen molar-refractivity contribution in [3.05, 3.63) is 83.7 Å². The summed E-state index contributed by atoms with van der Waals surface area (Å²) >= 11 is 0. The lowest BCUT2D eigenvalue weighted by Gasteiger charge is -2.62. The number of fused-ring (bicyclic) bond motifs is 5. The summed E-state index contributed by atoms with van der Waals surface area (Å²) in [7, 11) is 0. The van der Waals surface area contributed by atoms with Gasteiger partial charge in [0.25, 0.3) is 0 Å². The molecule has 0 unspecified atom stereocenters. The van der Waals surface area contributed by atoms with E-state index in [4.69, 9.17) is 5.11 Å². The molecule has 0 spiro atoms. The molecule has 2 aromatic rings. The molecule has 0 amide bonds. The molecule has 0 aliphatic heterocycles. The third-order valence-electron chi connectivity index (χ3n) is 12.1. The Labute approximate surface area is 274 Å². The first kappa shape index (κ1) is 34.8. The summed E-state index contributed by atoms with van der Waals surface area (Å²) in [4.78, 5) is 35.5. The SMILES string of the molecule is CC(C)(C(=O)O)c1ccc(-c2ccccc2)c(F)c1.C[C@@H]1C[C@H]2[C@@H]3CCC4=CC(=O)C=C[C@]4(C)[C@@]3(F)[C@@H](O)C[C@]2(C)[C@@]1(O)C(=O)CO. The molecule has 0 aromatic heterocycles. The Balaban J connectivity index is 0.000000199. The number of rotatable bonds is 5. The van der Waals surface area contributed by atoms with E-state index in [0.717, 1.165) is 5.56 Å². The number of carboxylic acids is 1. The van der Waals surface area contributed by atoms with Crippen LogP contribution in [-0.4, -0.2) is 61.9 Å². The monoisotopic (exact) mass is 650 g/mol. The van der Waals surface area contributed by atoms with Gasteiger partial charge in [-0.3, -0.25) is 14.4 Å². The third-order valence-corrected chi connectivity index (χ3v) is 12.1. The predicted molar refractivity (Wildman–Crippen MR) is 172 cm³/mol. The maximum atomic E-state index is 16.9. The Kier molecular flexibility index (Phi) is 8.78. The molecule has 0 saturated heterocycles. The molecule has 6 rings (SSSR count). The number of hydrogen-bond donors (Lipinski definition) is 4. The molecule has 3 saturated carbocycles. The summed E-state index contributed by atoms with van der Waals surface area (Å²) in [6, 6.07) is 13.8. The number of carbonyl (C=O) groups excluding carboxylic acids is 2. The van der Waals surface area contributed by atoms with Crippen LogP contribution < -0.4 is 0 Å². The van der Waals surface area contributed by atoms with Gasteiger partial charge in [0, 0.05) is 22.3 Å². The number of aliphatic hydroxyl groups excluding tert-OH is 2. The quantitative estimate of drug-likeness (QED) is 0.324. The molecule has 3 fully saturated rings. The molecule has 0 bridgehead atoms. The normalized spacial score (nSPS) is 35.9. The van der Waals surface area contributed by atoms with Crippen molar-refractivity contribution in [3.8, 4) is 11.1 Å². The summed E-state index contributed by atoms with van der Waals surface area (Å²) in [6.45, 7) is 7.60. The van der Waals surface area contributed by atoms with Crippen LogP contribution >= 0.6 is 0 Å². The zero-order chi connectivity index (χ0) is 34.7. The van der Waals surface area contributed by atoms with Gasteiger partial charge in [-0.25, -0.2) is 8.78 Å². The van der Waals surface area contributed by atoms with Crippen LogP contribution in [0.15, 0.2) is 72.3 Å². The second-order valence-electron chi connectivity index (χ2n) is 14.7. The third kappa shape index (κ3) is 5.04. The number of hydrogen-bond acceptors (Lipinski definition) is 6. The zero-order valence-corrected chi connectivity index (χ0v) is 27.5. The molecule has 4 N–H and O–H groups in total. The van der Waals surface area contributed by atoms with Crippen molar-refractivity contribution in [2.75, 3.05) is 6.61 Å². The largest absolute Gasteiger partial charge is 0.481 e. The van der Waals surface area contributed by atoms with Crippen molar-refractivity contribution in [2.45, 2.75) is 83.1 Å². The second-order valence-corrected chi connectivity index (χ2v) is 14.7. The van der Waals surface area contributed by atoms with Gasteiger partial charge in [-0.1, -0.05) is 68.0 Å². The smallest absolute Gasteiger partial charge is 0.313 e. The minimum absolute atomic E-state index is 0.0676. The van der Waals surface area contributed by atoms with Crippen LogP contribution in [0.3, 0.4) is 0 Å². The average molecular weight is 651 g/mol. The van der Waals surface area contributed by atoms with Crippen molar-refractivity contribution < 1.29 is 43.6 Å². The van der Waals surface area contributed by atoms with Crippen molar-refractivity contribution in [2.24, 2.45) is 28.6 Å². The van der Waals surface area contributed by atoms with Crippen LogP contribution in [-0.2, 0) is 19.8 Å². The van der Waals surface area contributed by atoms with Crippen LogP contribution in [0.25, 0.3) is 11.1 Å². The lowest BCUT2D eigenvalue weighted by Crippen LogP contribution is -2.69. The highest BCUT2D eigenvalue weighted by Crippen LogP contribution is 2.70. The summed E-state index contributed by atoms with van der Waals surface area (Å²) in [6.07, 6.45) is 4.44. The first-order valence-electron chi connectivity index (χ1n) is 16.2. The first-order valence-corrected chi connectivity index (χ1v) is 16.2. The molecule has 4 aliphatic carbocycles. The fraction of sp³-hybridized carbons (Fsp3) is 0.500. The molecule has 8 atom stereocenters. The molecule has 9 heteroatoms. The van der Waals surface area contributed by atoms with Crippen LogP contribution in [0.2, 0.25) is 0 Å². The van der Waals surface area contributed by atoms with Gasteiger partial charge >= 0.3 is 5.97 Å². The first-order chi connectivity index (χ1) is 21.9. The van der Waals surface area contributed by atoms with E-state index in [1.807, 2.05) is 30.3 Å². The van der Waals surface area contributed by atoms with Gasteiger partial charge in [-0.05, 0) is 87.6 Å². The Hall–Kier alpha value is -3.53. The molecule has 7 nitrogen and oxygen atoms in total. The number of allylic oxidation sites excluding steroid dienone is 4. The molecule has 252 valence electrons. The number of carbonyl (C=O) groups is 3. The van der Waals surface area contributed by atoms with E-state index in [-0.39, 0.29) is 18.1 Å². The second kappa shape index (κ2) is 11.9. The van der Waals surface area contributed by atoms with Crippen molar-refractivity contribution in [1.82, 2.24) is 0 Å². The predicted octanol–water partition coefficient (Wildman–Crippen LogP) is 5.75. The lowest BCUT2D eigenvalue weighted by atomic mass is 9.44. The van der Waals surface area contributed by atoms with Gasteiger partial charge in [0.1, 0.15) is 18.0 Å². The minimum atomic E-state index is -1.98. The summed E-state index contributed by atoms with van der Waals surface area (Å²) < 4.78 is 31.0. The maximum Gasteiger partial charge on any atom is 0.313 e. The van der Waals surface area contributed by atoms with E-state index in [1.165, 1.54) is 18.2 Å². The molecule has 2 aromatic carbocycles. The molecule has 47 heavy (non-hydrogen) atoms. The van der Waals surface area contributed by atoms with Gasteiger partial charge in [0.05, 0.1) is 11.5 Å². The number of aliphatic hydroxyl groups is 3. The summed E-state index contributed by atoms with van der Waals surface area (Å²) in [5, 5.41) is 41.1. The topological polar surface area (TPSA) is 132 Å². The van der Waals surface area contributed by atoms with Crippen LogP contribution in [0, 0.1) is 34.4 Å². The number of carboxylic acid groups (broad SMARTS) is 1.